The number of fused-ring (bicyclic) bond motifs is 1. The summed E-state index contributed by atoms with van der Waals surface area (Å²) in [5.74, 6) is -4.52. The second-order valence-electron chi connectivity index (χ2n) is 6.04. The Hall–Kier alpha value is -3.04. The molecule has 1 aliphatic rings. The fourth-order valence-electron chi connectivity index (χ4n) is 3.04. The van der Waals surface area contributed by atoms with E-state index in [-0.39, 0.29) is 23.0 Å². The number of nitrogens with one attached hydrogen (secondary N) is 2. The van der Waals surface area contributed by atoms with Gasteiger partial charge >= 0.3 is 11.9 Å². The van der Waals surface area contributed by atoms with E-state index in [0.717, 1.165) is 18.2 Å². The maximum Gasteiger partial charge on any atom is 0.301 e. The van der Waals surface area contributed by atoms with E-state index in [4.69, 9.17) is 0 Å². The molecule has 0 unspecified atom stereocenters. The summed E-state index contributed by atoms with van der Waals surface area (Å²) < 4.78 is 28.2. The Kier molecular flexibility index (Phi) is 3.90. The van der Waals surface area contributed by atoms with Gasteiger partial charge in [-0.05, 0) is 31.5 Å². The topological polar surface area (TPSA) is 110 Å². The molecular formula is C15H14F2N4O4. The predicted octanol–water partition coefficient (Wildman–Crippen LogP) is 1.76. The molecule has 1 aromatic carbocycles. The molecule has 2 heterocycles. The van der Waals surface area contributed by atoms with Crippen molar-refractivity contribution in [2.45, 2.75) is 31.8 Å². The molecule has 0 aliphatic carbocycles. The molecule has 0 saturated carbocycles. The van der Waals surface area contributed by atoms with Crippen molar-refractivity contribution >= 4 is 11.7 Å². The van der Waals surface area contributed by atoms with Gasteiger partial charge in [0.1, 0.15) is 5.82 Å². The zero-order chi connectivity index (χ0) is 18.5. The molecule has 0 spiro atoms. The van der Waals surface area contributed by atoms with Crippen molar-refractivity contribution in [3.8, 4) is 0 Å². The number of rotatable bonds is 3. The van der Waals surface area contributed by atoms with Gasteiger partial charge in [0.15, 0.2) is 11.6 Å². The molecule has 2 N–H and O–H groups in total. The molecular weight excluding hydrogens is 338 g/mol. The summed E-state index contributed by atoms with van der Waals surface area (Å²) in [6, 6.07) is 0.636. The number of anilines is 1. The summed E-state index contributed by atoms with van der Waals surface area (Å²) in [5, 5.41) is 16.3. The maximum atomic E-state index is 13.6. The van der Waals surface area contributed by atoms with Crippen molar-refractivity contribution < 1.29 is 18.5 Å². The van der Waals surface area contributed by atoms with Crippen molar-refractivity contribution in [3.05, 3.63) is 61.4 Å². The van der Waals surface area contributed by atoms with E-state index in [2.05, 4.69) is 10.4 Å². The maximum absolute atomic E-state index is 13.6. The van der Waals surface area contributed by atoms with Crippen molar-refractivity contribution in [3.63, 3.8) is 0 Å². The quantitative estimate of drug-likeness (QED) is 0.648. The Morgan fingerprint density at radius 3 is 2.48 bits per heavy atom. The van der Waals surface area contributed by atoms with Gasteiger partial charge in [-0.2, -0.15) is 0 Å². The number of nitrogens with zero attached hydrogens (tertiary/aromatic N) is 2. The summed E-state index contributed by atoms with van der Waals surface area (Å²) in [6.07, 6.45) is 0. The first kappa shape index (κ1) is 16.8. The number of aromatic nitrogens is 2. The van der Waals surface area contributed by atoms with Crippen LogP contribution in [-0.4, -0.2) is 26.7 Å². The predicted molar refractivity (Wildman–Crippen MR) is 83.1 cm³/mol. The molecule has 0 saturated heterocycles. The number of benzene rings is 1. The number of nitro groups is 1. The van der Waals surface area contributed by atoms with E-state index in [1.807, 2.05) is 0 Å². The van der Waals surface area contributed by atoms with Crippen molar-refractivity contribution in [2.24, 2.45) is 0 Å². The highest BCUT2D eigenvalue weighted by Crippen LogP contribution is 2.37. The number of amides is 1. The molecule has 0 bridgehead atoms. The molecule has 0 fully saturated rings. The van der Waals surface area contributed by atoms with Gasteiger partial charge in [-0.25, -0.2) is 8.78 Å². The van der Waals surface area contributed by atoms with Crippen molar-refractivity contribution in [1.29, 1.82) is 0 Å². The minimum Gasteiger partial charge on any atom is -0.305 e. The number of H-pyrrole nitrogens is 1. The first-order valence-corrected chi connectivity index (χ1v) is 7.46. The molecule has 1 aromatic heterocycles. The third-order valence-corrected chi connectivity index (χ3v) is 4.15. The highest BCUT2D eigenvalue weighted by molar-refractivity contribution is 5.97. The van der Waals surface area contributed by atoms with Crippen LogP contribution in [0.3, 0.4) is 0 Å². The first-order valence-electron chi connectivity index (χ1n) is 7.46. The van der Waals surface area contributed by atoms with Crippen LogP contribution in [0.5, 0.6) is 0 Å². The molecule has 3 rings (SSSR count). The van der Waals surface area contributed by atoms with Gasteiger partial charge in [-0.15, -0.1) is 0 Å². The number of halogens is 2. The largest absolute Gasteiger partial charge is 0.305 e. The Bertz CT molecular complexity index is 934. The zero-order valence-corrected chi connectivity index (χ0v) is 13.2. The van der Waals surface area contributed by atoms with Crippen LogP contribution >= 0.6 is 0 Å². The number of hydrogen-bond acceptors (Lipinski definition) is 4. The molecule has 25 heavy (non-hydrogen) atoms. The summed E-state index contributed by atoms with van der Waals surface area (Å²) >= 11 is 0. The Morgan fingerprint density at radius 2 is 1.92 bits per heavy atom. The molecule has 1 aliphatic heterocycles. The molecule has 2 aromatic rings. The summed E-state index contributed by atoms with van der Waals surface area (Å²) in [6.45, 7) is 3.49. The lowest BCUT2D eigenvalue weighted by Gasteiger charge is -2.26. The minimum absolute atomic E-state index is 0.0243. The molecule has 1 amide bonds. The summed E-state index contributed by atoms with van der Waals surface area (Å²) in [7, 11) is 0. The molecule has 8 nitrogen and oxygen atoms in total. The molecule has 0 radical (unpaired) electrons. The number of aromatic amines is 1. The van der Waals surface area contributed by atoms with E-state index < -0.39 is 40.0 Å². The lowest BCUT2D eigenvalue weighted by atomic mass is 9.83. The average Bonchev–Trinajstić information content (AvgIpc) is 2.85. The Balaban J connectivity index is 2.29. The molecule has 10 heteroatoms. The van der Waals surface area contributed by atoms with E-state index in [1.54, 1.807) is 13.8 Å². The Morgan fingerprint density at radius 1 is 1.24 bits per heavy atom. The van der Waals surface area contributed by atoms with Crippen LogP contribution in [0.1, 0.15) is 36.9 Å². The van der Waals surface area contributed by atoms with Gasteiger partial charge in [0.05, 0.1) is 11.5 Å². The first-order chi connectivity index (χ1) is 11.7. The fraction of sp³-hybridized carbons (Fsp3) is 0.333. The Labute approximate surface area is 139 Å². The van der Waals surface area contributed by atoms with Gasteiger partial charge in [-0.1, -0.05) is 6.07 Å². The average molecular weight is 352 g/mol. The van der Waals surface area contributed by atoms with Gasteiger partial charge in [-0.3, -0.25) is 29.5 Å². The fourth-order valence-corrected chi connectivity index (χ4v) is 3.04. The zero-order valence-electron chi connectivity index (χ0n) is 13.2. The summed E-state index contributed by atoms with van der Waals surface area (Å²) in [4.78, 5) is 35.2. The van der Waals surface area contributed by atoms with Crippen LogP contribution in [0.15, 0.2) is 23.0 Å². The van der Waals surface area contributed by atoms with Crippen LogP contribution in [0.2, 0.25) is 0 Å². The summed E-state index contributed by atoms with van der Waals surface area (Å²) in [5.41, 5.74) is -0.713. The van der Waals surface area contributed by atoms with Gasteiger partial charge in [0.25, 0.3) is 5.56 Å². The number of carbonyl (C=O) groups is 1. The second kappa shape index (κ2) is 5.80. The van der Waals surface area contributed by atoms with E-state index in [0.29, 0.717) is 0 Å². The monoisotopic (exact) mass is 352 g/mol. The smallest absolute Gasteiger partial charge is 0.301 e. The number of hydrogen-bond donors (Lipinski definition) is 2. The van der Waals surface area contributed by atoms with E-state index in [9.17, 15) is 28.5 Å². The van der Waals surface area contributed by atoms with Gasteiger partial charge in [0, 0.05) is 11.0 Å². The minimum atomic E-state index is -1.83. The highest BCUT2D eigenvalue weighted by atomic mass is 19.2. The van der Waals surface area contributed by atoms with Gasteiger partial charge in [0.2, 0.25) is 0 Å². The lowest BCUT2D eigenvalue weighted by Crippen LogP contribution is -2.45. The van der Waals surface area contributed by atoms with Crippen LogP contribution in [0, 0.1) is 21.7 Å². The second-order valence-corrected chi connectivity index (χ2v) is 6.04. The number of carbonyl (C=O) groups excluding carboxylic acids is 1. The highest BCUT2D eigenvalue weighted by Gasteiger charge is 2.48. The normalized spacial score (nSPS) is 19.6. The van der Waals surface area contributed by atoms with Crippen LogP contribution in [0.25, 0.3) is 0 Å². The molecule has 132 valence electrons. The van der Waals surface area contributed by atoms with Crippen molar-refractivity contribution in [1.82, 2.24) is 9.78 Å². The third kappa shape index (κ3) is 2.59. The third-order valence-electron chi connectivity index (χ3n) is 4.15. The van der Waals surface area contributed by atoms with Gasteiger partial charge < -0.3 is 5.32 Å². The standard InChI is InChI=1S/C15H14F2N4O4/c1-6(2)20-13-11(14(22)19-20)10(12(21(24)25)15(23)18-13)7-3-4-8(16)9(17)5-7/h3-6,10,12H,1-2H3,(H,18,23)(H,19,22)/t10-,12-/m1/s1. The van der Waals surface area contributed by atoms with Crippen molar-refractivity contribution in [2.75, 3.05) is 5.32 Å². The van der Waals surface area contributed by atoms with Crippen LogP contribution < -0.4 is 10.9 Å². The van der Waals surface area contributed by atoms with Crippen LogP contribution in [0.4, 0.5) is 14.6 Å². The van der Waals surface area contributed by atoms with Crippen LogP contribution in [-0.2, 0) is 4.79 Å². The molecule has 2 atom stereocenters. The van der Waals surface area contributed by atoms with E-state index >= 15 is 0 Å². The van der Waals surface area contributed by atoms with E-state index in [1.165, 1.54) is 4.68 Å². The lowest BCUT2D eigenvalue weighted by molar-refractivity contribution is -0.509. The SMILES string of the molecule is CC(C)n1[nH]c(=O)c2c1NC(=O)[C@H]([N+](=O)[O-])[C@@H]2c1ccc(F)c(F)c1.